The zero-order valence-electron chi connectivity index (χ0n) is 3.15. The highest BCUT2D eigenvalue weighted by Crippen LogP contribution is 1.65. The molecule has 0 aliphatic heterocycles. The minimum Gasteiger partial charge on any atom is -0.344 e. The molecule has 0 aliphatic rings. The largest absolute Gasteiger partial charge is 0.344 e. The monoisotopic (exact) mass is 91.0 g/mol. The van der Waals surface area contributed by atoms with Gasteiger partial charge in [0.15, 0.2) is 0 Å². The molecule has 0 aromatic rings. The molecule has 0 rings (SSSR count). The fourth-order valence-corrected chi connectivity index (χ4v) is 0. The Morgan fingerprint density at radius 1 is 1.80 bits per heavy atom. The lowest BCUT2D eigenvalue weighted by Crippen LogP contribution is -1.45. The van der Waals surface area contributed by atoms with Gasteiger partial charge < -0.3 is 6.15 Å². The van der Waals surface area contributed by atoms with Gasteiger partial charge in [0.2, 0.25) is 0 Å². The Labute approximate surface area is 38.1 Å². The predicted octanol–water partition coefficient (Wildman–Crippen LogP) is 1.26. The van der Waals surface area contributed by atoms with Crippen molar-refractivity contribution in [2.75, 3.05) is 5.75 Å². The highest BCUT2D eigenvalue weighted by Gasteiger charge is 1.45. The average Bonchev–Trinajstić information content (AvgIpc) is 1.37. The third kappa shape index (κ3) is 15.4. The summed E-state index contributed by atoms with van der Waals surface area (Å²) in [7, 11) is 0. The molecule has 2 heteroatoms. The van der Waals surface area contributed by atoms with Gasteiger partial charge in [0.1, 0.15) is 0 Å². The molecule has 32 valence electrons. The Morgan fingerprint density at radius 2 is 2.00 bits per heavy atom. The van der Waals surface area contributed by atoms with Crippen LogP contribution in [0, 0.1) is 0 Å². The normalized spacial score (nSPS) is 5.00. The van der Waals surface area contributed by atoms with Crippen LogP contribution in [0.15, 0.2) is 12.7 Å². The van der Waals surface area contributed by atoms with E-state index in [0.717, 1.165) is 5.75 Å². The van der Waals surface area contributed by atoms with Crippen molar-refractivity contribution >= 4 is 12.6 Å². The van der Waals surface area contributed by atoms with E-state index in [1.807, 2.05) is 0 Å². The van der Waals surface area contributed by atoms with E-state index < -0.39 is 0 Å². The Kier molecular flexibility index (Phi) is 16.0. The number of thiol groups is 1. The average molecular weight is 91.2 g/mol. The molecule has 0 heterocycles. The van der Waals surface area contributed by atoms with Crippen molar-refractivity contribution in [2.24, 2.45) is 0 Å². The highest BCUT2D eigenvalue weighted by atomic mass is 32.1. The van der Waals surface area contributed by atoms with Gasteiger partial charge in [-0.2, -0.15) is 12.6 Å². The Bertz CT molecular complexity index is 20.9. The van der Waals surface area contributed by atoms with Gasteiger partial charge in [-0.3, -0.25) is 0 Å². The van der Waals surface area contributed by atoms with Crippen LogP contribution >= 0.6 is 12.6 Å². The molecular weight excluding hydrogens is 82.1 g/mol. The second-order valence-electron chi connectivity index (χ2n) is 0.471. The van der Waals surface area contributed by atoms with Crippen LogP contribution in [0.4, 0.5) is 0 Å². The summed E-state index contributed by atoms with van der Waals surface area (Å²) in [6.07, 6.45) is 1.74. The molecule has 0 saturated carbocycles. The predicted molar refractivity (Wildman–Crippen MR) is 29.1 cm³/mol. The highest BCUT2D eigenvalue weighted by molar-refractivity contribution is 7.80. The molecule has 0 bridgehead atoms. The van der Waals surface area contributed by atoms with E-state index in [9.17, 15) is 0 Å². The smallest absolute Gasteiger partial charge is 0.00799 e. The summed E-state index contributed by atoms with van der Waals surface area (Å²) in [6, 6.07) is 0. The van der Waals surface area contributed by atoms with Crippen LogP contribution in [0.5, 0.6) is 0 Å². The first-order chi connectivity index (χ1) is 1.91. The summed E-state index contributed by atoms with van der Waals surface area (Å²) in [5, 5.41) is 0. The lowest BCUT2D eigenvalue weighted by molar-refractivity contribution is 1.85. The Balaban J connectivity index is 0. The van der Waals surface area contributed by atoms with E-state index in [0.29, 0.717) is 0 Å². The van der Waals surface area contributed by atoms with Crippen LogP contribution in [-0.2, 0) is 0 Å². The SMILES string of the molecule is C=CCS.N. The fourth-order valence-electron chi connectivity index (χ4n) is 0. The maximum Gasteiger partial charge on any atom is 0.00799 e. The van der Waals surface area contributed by atoms with Crippen molar-refractivity contribution in [3.8, 4) is 0 Å². The maximum absolute atomic E-state index is 3.80. The van der Waals surface area contributed by atoms with Crippen molar-refractivity contribution in [1.82, 2.24) is 6.15 Å². The molecule has 0 amide bonds. The van der Waals surface area contributed by atoms with Crippen LogP contribution in [0.3, 0.4) is 0 Å². The molecule has 0 fully saturated rings. The lowest BCUT2D eigenvalue weighted by Gasteiger charge is -1.57. The molecule has 5 heavy (non-hydrogen) atoms. The zero-order chi connectivity index (χ0) is 3.41. The minimum atomic E-state index is 0. The molecule has 0 radical (unpaired) electrons. The third-order valence-electron chi connectivity index (χ3n) is 0.129. The fraction of sp³-hybridized carbons (Fsp3) is 0.333. The van der Waals surface area contributed by atoms with Crippen LogP contribution < -0.4 is 6.15 Å². The molecule has 0 aromatic carbocycles. The van der Waals surface area contributed by atoms with E-state index in [2.05, 4.69) is 19.2 Å². The van der Waals surface area contributed by atoms with Crippen LogP contribution in [0.25, 0.3) is 0 Å². The molecule has 3 N–H and O–H groups in total. The summed E-state index contributed by atoms with van der Waals surface area (Å²) in [5.74, 6) is 0.778. The van der Waals surface area contributed by atoms with Gasteiger partial charge in [0.05, 0.1) is 0 Å². The summed E-state index contributed by atoms with van der Waals surface area (Å²) in [5.41, 5.74) is 0. The maximum atomic E-state index is 3.80. The first-order valence-corrected chi connectivity index (χ1v) is 1.77. The molecule has 0 atom stereocenters. The molecule has 0 unspecified atom stereocenters. The van der Waals surface area contributed by atoms with Crippen molar-refractivity contribution in [3.63, 3.8) is 0 Å². The van der Waals surface area contributed by atoms with Crippen molar-refractivity contribution in [1.29, 1.82) is 0 Å². The van der Waals surface area contributed by atoms with E-state index in [1.165, 1.54) is 0 Å². The second-order valence-corrected chi connectivity index (χ2v) is 0.836. The molecular formula is C3H9NS. The standard InChI is InChI=1S/C3H6S.H3N/c1-2-3-4;/h2,4H,1,3H2;1H3. The van der Waals surface area contributed by atoms with E-state index in [1.54, 1.807) is 6.08 Å². The lowest BCUT2D eigenvalue weighted by atomic mass is 10.8. The summed E-state index contributed by atoms with van der Waals surface area (Å²) >= 11 is 3.80. The van der Waals surface area contributed by atoms with Crippen molar-refractivity contribution < 1.29 is 0 Å². The first-order valence-electron chi connectivity index (χ1n) is 1.13. The van der Waals surface area contributed by atoms with Gasteiger partial charge in [-0.05, 0) is 0 Å². The molecule has 1 nitrogen and oxygen atoms in total. The molecule has 0 aliphatic carbocycles. The van der Waals surface area contributed by atoms with Gasteiger partial charge in [-0.1, -0.05) is 6.08 Å². The van der Waals surface area contributed by atoms with Gasteiger partial charge in [-0.15, -0.1) is 6.58 Å². The molecule has 0 spiro atoms. The van der Waals surface area contributed by atoms with E-state index >= 15 is 0 Å². The summed E-state index contributed by atoms with van der Waals surface area (Å²) in [4.78, 5) is 0. The van der Waals surface area contributed by atoms with E-state index in [-0.39, 0.29) is 6.15 Å². The van der Waals surface area contributed by atoms with Crippen LogP contribution in [-0.4, -0.2) is 5.75 Å². The quantitative estimate of drug-likeness (QED) is 0.370. The molecule has 0 aromatic heterocycles. The van der Waals surface area contributed by atoms with Gasteiger partial charge in [0.25, 0.3) is 0 Å². The summed E-state index contributed by atoms with van der Waals surface area (Å²) < 4.78 is 0. The zero-order valence-corrected chi connectivity index (χ0v) is 4.04. The van der Waals surface area contributed by atoms with Gasteiger partial charge in [-0.25, -0.2) is 0 Å². The first kappa shape index (κ1) is 8.90. The topological polar surface area (TPSA) is 35.0 Å². The van der Waals surface area contributed by atoms with Gasteiger partial charge >= 0.3 is 0 Å². The number of hydrogen-bond acceptors (Lipinski definition) is 2. The van der Waals surface area contributed by atoms with Crippen molar-refractivity contribution in [3.05, 3.63) is 12.7 Å². The van der Waals surface area contributed by atoms with Crippen LogP contribution in [0.2, 0.25) is 0 Å². The van der Waals surface area contributed by atoms with E-state index in [4.69, 9.17) is 0 Å². The Hall–Kier alpha value is 0.0500. The van der Waals surface area contributed by atoms with Crippen molar-refractivity contribution in [2.45, 2.75) is 0 Å². The Morgan fingerprint density at radius 3 is 2.00 bits per heavy atom. The molecule has 0 saturated heterocycles. The number of hydrogen-bond donors (Lipinski definition) is 2. The third-order valence-corrected chi connectivity index (χ3v) is 0.387. The second kappa shape index (κ2) is 8.96. The van der Waals surface area contributed by atoms with Gasteiger partial charge in [0, 0.05) is 5.75 Å². The summed E-state index contributed by atoms with van der Waals surface area (Å²) in [6.45, 7) is 3.40. The minimum absolute atomic E-state index is 0. The van der Waals surface area contributed by atoms with Crippen LogP contribution in [0.1, 0.15) is 0 Å². The number of rotatable bonds is 1.